The highest BCUT2D eigenvalue weighted by atomic mass is 16.3. The molecule has 0 saturated carbocycles. The Morgan fingerprint density at radius 3 is 2.37 bits per heavy atom. The molecule has 0 bridgehead atoms. The number of carbonyl (C=O) groups is 1. The number of urea groups is 1. The van der Waals surface area contributed by atoms with E-state index in [0.29, 0.717) is 26.1 Å². The molecule has 1 saturated heterocycles. The predicted molar refractivity (Wildman–Crippen MR) is 106 cm³/mol. The molecule has 0 aliphatic carbocycles. The van der Waals surface area contributed by atoms with E-state index in [4.69, 9.17) is 0 Å². The van der Waals surface area contributed by atoms with Crippen LogP contribution >= 0.6 is 0 Å². The molecule has 3 rings (SSSR count). The highest BCUT2D eigenvalue weighted by molar-refractivity contribution is 5.74. The zero-order valence-electron chi connectivity index (χ0n) is 15.6. The second kappa shape index (κ2) is 9.42. The van der Waals surface area contributed by atoms with E-state index in [0.717, 1.165) is 30.4 Å². The molecule has 0 spiro atoms. The number of likely N-dealkylation sites (tertiary alicyclic amines) is 1. The van der Waals surface area contributed by atoms with Crippen LogP contribution in [0.3, 0.4) is 0 Å². The van der Waals surface area contributed by atoms with E-state index >= 15 is 0 Å². The molecule has 0 radical (unpaired) electrons. The Bertz CT molecular complexity index is 710. The number of carbonyl (C=O) groups excluding carboxylic acids is 1. The smallest absolute Gasteiger partial charge is 0.317 e. The number of phenols is 1. The molecule has 1 aliphatic rings. The molecule has 1 aliphatic heterocycles. The first kappa shape index (κ1) is 19.2. The number of piperidine rings is 1. The molecule has 1 heterocycles. The molecule has 0 unspecified atom stereocenters. The van der Waals surface area contributed by atoms with Gasteiger partial charge in [0, 0.05) is 19.6 Å². The van der Waals surface area contributed by atoms with Crippen molar-refractivity contribution >= 4 is 6.03 Å². The fraction of sp³-hybridized carbons (Fsp3) is 0.409. The standard InChI is InChI=1S/C22H28N2O3/c25-20-8-6-17(7-9-20)10-13-23-22(27)24-14-11-19(12-15-24)21(26)16-18-4-2-1-3-5-18/h1-9,19,21,25-26H,10-16H2,(H,23,27)/t21-/m0/s1. The quantitative estimate of drug-likeness (QED) is 0.734. The summed E-state index contributed by atoms with van der Waals surface area (Å²) in [6, 6.07) is 17.0. The molecule has 27 heavy (non-hydrogen) atoms. The van der Waals surface area contributed by atoms with Gasteiger partial charge in [0.1, 0.15) is 5.75 Å². The number of benzene rings is 2. The summed E-state index contributed by atoms with van der Waals surface area (Å²) in [7, 11) is 0. The second-order valence-corrected chi connectivity index (χ2v) is 7.23. The van der Waals surface area contributed by atoms with E-state index in [-0.39, 0.29) is 23.8 Å². The summed E-state index contributed by atoms with van der Waals surface area (Å²) < 4.78 is 0. The SMILES string of the molecule is O=C(NCCc1ccc(O)cc1)N1CCC([C@@H](O)Cc2ccccc2)CC1. The second-order valence-electron chi connectivity index (χ2n) is 7.23. The third-order valence-electron chi connectivity index (χ3n) is 5.28. The first-order chi connectivity index (χ1) is 13.1. The summed E-state index contributed by atoms with van der Waals surface area (Å²) in [5, 5.41) is 22.8. The van der Waals surface area contributed by atoms with Gasteiger partial charge in [-0.25, -0.2) is 4.79 Å². The van der Waals surface area contributed by atoms with Crippen LogP contribution in [0.2, 0.25) is 0 Å². The van der Waals surface area contributed by atoms with E-state index < -0.39 is 0 Å². The van der Waals surface area contributed by atoms with E-state index in [1.54, 1.807) is 12.1 Å². The van der Waals surface area contributed by atoms with Crippen molar-refractivity contribution in [3.8, 4) is 5.75 Å². The van der Waals surface area contributed by atoms with Crippen molar-refractivity contribution in [2.75, 3.05) is 19.6 Å². The lowest BCUT2D eigenvalue weighted by Gasteiger charge is -2.34. The van der Waals surface area contributed by atoms with Crippen LogP contribution in [0.25, 0.3) is 0 Å². The van der Waals surface area contributed by atoms with Crippen LogP contribution in [0, 0.1) is 5.92 Å². The maximum atomic E-state index is 12.3. The molecular weight excluding hydrogens is 340 g/mol. The number of nitrogens with zero attached hydrogens (tertiary/aromatic N) is 1. The van der Waals surface area contributed by atoms with Gasteiger partial charge < -0.3 is 20.4 Å². The molecule has 5 heteroatoms. The zero-order valence-corrected chi connectivity index (χ0v) is 15.6. The number of nitrogens with one attached hydrogen (secondary N) is 1. The minimum absolute atomic E-state index is 0.0372. The first-order valence-electron chi connectivity index (χ1n) is 9.64. The van der Waals surface area contributed by atoms with Crippen LogP contribution in [0.1, 0.15) is 24.0 Å². The van der Waals surface area contributed by atoms with Gasteiger partial charge in [0.2, 0.25) is 0 Å². The lowest BCUT2D eigenvalue weighted by molar-refractivity contribution is 0.0672. The topological polar surface area (TPSA) is 72.8 Å². The van der Waals surface area contributed by atoms with Crippen LogP contribution in [-0.4, -0.2) is 46.9 Å². The molecule has 1 fully saturated rings. The zero-order chi connectivity index (χ0) is 19.1. The average molecular weight is 368 g/mol. The Kier molecular flexibility index (Phi) is 6.71. The largest absolute Gasteiger partial charge is 0.508 e. The third-order valence-corrected chi connectivity index (χ3v) is 5.28. The number of phenolic OH excluding ortho intramolecular Hbond substituents is 1. The van der Waals surface area contributed by atoms with Gasteiger partial charge in [0.15, 0.2) is 0 Å². The summed E-state index contributed by atoms with van der Waals surface area (Å²) in [6.07, 6.45) is 2.72. The maximum Gasteiger partial charge on any atom is 0.317 e. The van der Waals surface area contributed by atoms with Gasteiger partial charge in [0.25, 0.3) is 0 Å². The fourth-order valence-electron chi connectivity index (χ4n) is 3.60. The highest BCUT2D eigenvalue weighted by Gasteiger charge is 2.27. The normalized spacial score (nSPS) is 16.1. The molecule has 0 aromatic heterocycles. The summed E-state index contributed by atoms with van der Waals surface area (Å²) >= 11 is 0. The Morgan fingerprint density at radius 2 is 1.70 bits per heavy atom. The summed E-state index contributed by atoms with van der Waals surface area (Å²) in [6.45, 7) is 1.93. The van der Waals surface area contributed by atoms with Crippen molar-refractivity contribution < 1.29 is 15.0 Å². The fourth-order valence-corrected chi connectivity index (χ4v) is 3.60. The molecule has 2 amide bonds. The number of hydrogen-bond acceptors (Lipinski definition) is 3. The monoisotopic (exact) mass is 368 g/mol. The van der Waals surface area contributed by atoms with E-state index in [1.807, 2.05) is 47.4 Å². The van der Waals surface area contributed by atoms with Crippen LogP contribution < -0.4 is 5.32 Å². The van der Waals surface area contributed by atoms with Gasteiger partial charge in [-0.2, -0.15) is 0 Å². The predicted octanol–water partition coefficient (Wildman–Crippen LogP) is 2.96. The van der Waals surface area contributed by atoms with Crippen molar-refractivity contribution in [2.45, 2.75) is 31.8 Å². The molecule has 2 aromatic rings. The Balaban J connectivity index is 1.37. The van der Waals surface area contributed by atoms with Crippen LogP contribution in [0.15, 0.2) is 54.6 Å². The van der Waals surface area contributed by atoms with Gasteiger partial charge in [-0.3, -0.25) is 0 Å². The number of aromatic hydroxyl groups is 1. The lowest BCUT2D eigenvalue weighted by Crippen LogP contribution is -2.46. The van der Waals surface area contributed by atoms with Crippen LogP contribution in [-0.2, 0) is 12.8 Å². The lowest BCUT2D eigenvalue weighted by atomic mass is 9.88. The van der Waals surface area contributed by atoms with E-state index in [9.17, 15) is 15.0 Å². The molecule has 3 N–H and O–H groups in total. The van der Waals surface area contributed by atoms with Crippen molar-refractivity contribution in [2.24, 2.45) is 5.92 Å². The Hall–Kier alpha value is -2.53. The first-order valence-corrected chi connectivity index (χ1v) is 9.64. The number of aliphatic hydroxyl groups excluding tert-OH is 1. The number of amides is 2. The third kappa shape index (κ3) is 5.73. The van der Waals surface area contributed by atoms with Crippen LogP contribution in [0.4, 0.5) is 4.79 Å². The summed E-state index contributed by atoms with van der Waals surface area (Å²) in [4.78, 5) is 14.2. The van der Waals surface area contributed by atoms with Gasteiger partial charge in [0.05, 0.1) is 6.10 Å². The van der Waals surface area contributed by atoms with Crippen molar-refractivity contribution in [1.29, 1.82) is 0 Å². The summed E-state index contributed by atoms with van der Waals surface area (Å²) in [5.41, 5.74) is 2.23. The highest BCUT2D eigenvalue weighted by Crippen LogP contribution is 2.23. The minimum Gasteiger partial charge on any atom is -0.508 e. The molecular formula is C22H28N2O3. The van der Waals surface area contributed by atoms with E-state index in [1.165, 1.54) is 0 Å². The molecule has 1 atom stereocenters. The number of aliphatic hydroxyl groups is 1. The van der Waals surface area contributed by atoms with Crippen molar-refractivity contribution in [1.82, 2.24) is 10.2 Å². The van der Waals surface area contributed by atoms with Crippen molar-refractivity contribution in [3.05, 3.63) is 65.7 Å². The van der Waals surface area contributed by atoms with Gasteiger partial charge >= 0.3 is 6.03 Å². The Labute approximate surface area is 160 Å². The van der Waals surface area contributed by atoms with Gasteiger partial charge in [-0.15, -0.1) is 0 Å². The Morgan fingerprint density at radius 1 is 1.04 bits per heavy atom. The average Bonchev–Trinajstić information content (AvgIpc) is 2.70. The minimum atomic E-state index is -0.355. The molecule has 5 nitrogen and oxygen atoms in total. The van der Waals surface area contributed by atoms with E-state index in [2.05, 4.69) is 5.32 Å². The number of rotatable bonds is 6. The van der Waals surface area contributed by atoms with Crippen molar-refractivity contribution in [3.63, 3.8) is 0 Å². The van der Waals surface area contributed by atoms with Gasteiger partial charge in [-0.1, -0.05) is 42.5 Å². The number of hydrogen-bond donors (Lipinski definition) is 3. The van der Waals surface area contributed by atoms with Crippen LogP contribution in [0.5, 0.6) is 5.75 Å². The molecule has 2 aromatic carbocycles. The summed E-state index contributed by atoms with van der Waals surface area (Å²) in [5.74, 6) is 0.492. The van der Waals surface area contributed by atoms with Gasteiger partial charge in [-0.05, 0) is 54.9 Å². The molecule has 144 valence electrons. The maximum absolute atomic E-state index is 12.3.